The predicted octanol–water partition coefficient (Wildman–Crippen LogP) is 4.20. The average molecular weight is 262 g/mol. The summed E-state index contributed by atoms with van der Waals surface area (Å²) in [4.78, 5) is 4.40. The zero-order valence-corrected chi connectivity index (χ0v) is 10.5. The van der Waals surface area contributed by atoms with Gasteiger partial charge in [-0.15, -0.1) is 0 Å². The van der Waals surface area contributed by atoms with Crippen LogP contribution in [0.15, 0.2) is 41.0 Å². The number of hydrogen-bond acceptors (Lipinski definition) is 4. The molecule has 1 atom stereocenters. The third kappa shape index (κ3) is 2.09. The normalized spacial score (nSPS) is 12.8. The lowest BCUT2D eigenvalue weighted by Crippen LogP contribution is -2.04. The number of anilines is 1. The molecule has 0 saturated carbocycles. The van der Waals surface area contributed by atoms with Gasteiger partial charge in [0, 0.05) is 0 Å². The van der Waals surface area contributed by atoms with Crippen LogP contribution in [0, 0.1) is 5.82 Å². The highest BCUT2D eigenvalue weighted by molar-refractivity contribution is 7.22. The first kappa shape index (κ1) is 11.2. The standard InChI is InChI=1S/C13H11FN2OS/c1-8(11-3-2-6-17-11)15-13-16-10-5-4-9(14)7-12(10)18-13/h2-8H,1H3,(H,15,16). The van der Waals surface area contributed by atoms with Gasteiger partial charge in [0.05, 0.1) is 22.5 Å². The van der Waals surface area contributed by atoms with Crippen LogP contribution >= 0.6 is 11.3 Å². The van der Waals surface area contributed by atoms with E-state index in [9.17, 15) is 4.39 Å². The second kappa shape index (κ2) is 4.42. The molecular formula is C13H11FN2OS. The number of fused-ring (bicyclic) bond motifs is 1. The van der Waals surface area contributed by atoms with Gasteiger partial charge in [0.15, 0.2) is 5.13 Å². The van der Waals surface area contributed by atoms with Gasteiger partial charge in [0.2, 0.25) is 0 Å². The highest BCUT2D eigenvalue weighted by Gasteiger charge is 2.11. The summed E-state index contributed by atoms with van der Waals surface area (Å²) in [6, 6.07) is 8.39. The van der Waals surface area contributed by atoms with Crippen LogP contribution in [0.2, 0.25) is 0 Å². The average Bonchev–Trinajstić information content (AvgIpc) is 2.95. The second-order valence-corrected chi connectivity index (χ2v) is 5.04. The van der Waals surface area contributed by atoms with E-state index < -0.39 is 0 Å². The van der Waals surface area contributed by atoms with Crippen molar-refractivity contribution in [3.63, 3.8) is 0 Å². The summed E-state index contributed by atoms with van der Waals surface area (Å²) in [6.07, 6.45) is 1.64. The van der Waals surface area contributed by atoms with Crippen LogP contribution in [0.5, 0.6) is 0 Å². The first-order valence-corrected chi connectivity index (χ1v) is 6.40. The van der Waals surface area contributed by atoms with Crippen LogP contribution in [0.3, 0.4) is 0 Å². The van der Waals surface area contributed by atoms with E-state index in [4.69, 9.17) is 4.42 Å². The molecule has 5 heteroatoms. The van der Waals surface area contributed by atoms with E-state index in [1.54, 1.807) is 12.3 Å². The van der Waals surface area contributed by atoms with Crippen molar-refractivity contribution < 1.29 is 8.81 Å². The molecule has 18 heavy (non-hydrogen) atoms. The topological polar surface area (TPSA) is 38.1 Å². The minimum Gasteiger partial charge on any atom is -0.467 e. The molecule has 0 radical (unpaired) electrons. The van der Waals surface area contributed by atoms with Crippen molar-refractivity contribution in [1.82, 2.24) is 4.98 Å². The number of aromatic nitrogens is 1. The molecular weight excluding hydrogens is 251 g/mol. The number of halogens is 1. The molecule has 3 nitrogen and oxygen atoms in total. The van der Waals surface area contributed by atoms with Gasteiger partial charge in [0.25, 0.3) is 0 Å². The molecule has 2 heterocycles. The van der Waals surface area contributed by atoms with Crippen molar-refractivity contribution in [3.8, 4) is 0 Å². The van der Waals surface area contributed by atoms with E-state index in [0.717, 1.165) is 21.1 Å². The van der Waals surface area contributed by atoms with E-state index in [0.29, 0.717) is 0 Å². The molecule has 0 amide bonds. The molecule has 3 rings (SSSR count). The Balaban J connectivity index is 1.86. The minimum atomic E-state index is -0.239. The van der Waals surface area contributed by atoms with Crippen LogP contribution in [-0.4, -0.2) is 4.98 Å². The van der Waals surface area contributed by atoms with Crippen molar-refractivity contribution in [2.75, 3.05) is 5.32 Å². The van der Waals surface area contributed by atoms with Crippen molar-refractivity contribution in [3.05, 3.63) is 48.2 Å². The van der Waals surface area contributed by atoms with E-state index in [-0.39, 0.29) is 11.9 Å². The van der Waals surface area contributed by atoms with Gasteiger partial charge in [-0.25, -0.2) is 9.37 Å². The molecule has 0 aliphatic carbocycles. The summed E-state index contributed by atoms with van der Waals surface area (Å²) in [5.41, 5.74) is 0.801. The molecule has 1 N–H and O–H groups in total. The Hall–Kier alpha value is -1.88. The molecule has 0 spiro atoms. The fourth-order valence-electron chi connectivity index (χ4n) is 1.75. The summed E-state index contributed by atoms with van der Waals surface area (Å²) in [5, 5.41) is 4.01. The molecule has 92 valence electrons. The van der Waals surface area contributed by atoms with E-state index >= 15 is 0 Å². The van der Waals surface area contributed by atoms with E-state index in [2.05, 4.69) is 10.3 Å². The Morgan fingerprint density at radius 2 is 2.28 bits per heavy atom. The smallest absolute Gasteiger partial charge is 0.184 e. The maximum atomic E-state index is 13.1. The van der Waals surface area contributed by atoms with Crippen LogP contribution in [-0.2, 0) is 0 Å². The van der Waals surface area contributed by atoms with Gasteiger partial charge < -0.3 is 9.73 Å². The Morgan fingerprint density at radius 3 is 3.06 bits per heavy atom. The minimum absolute atomic E-state index is 0.0328. The van der Waals surface area contributed by atoms with Crippen molar-refractivity contribution in [2.45, 2.75) is 13.0 Å². The third-order valence-corrected chi connectivity index (χ3v) is 3.61. The number of benzene rings is 1. The zero-order valence-electron chi connectivity index (χ0n) is 9.68. The number of nitrogens with one attached hydrogen (secondary N) is 1. The molecule has 0 saturated heterocycles. The van der Waals surface area contributed by atoms with Crippen molar-refractivity contribution >= 4 is 26.7 Å². The summed E-state index contributed by atoms with van der Waals surface area (Å²) in [7, 11) is 0. The van der Waals surface area contributed by atoms with Gasteiger partial charge in [0.1, 0.15) is 11.6 Å². The van der Waals surface area contributed by atoms with E-state index in [1.165, 1.54) is 23.5 Å². The lowest BCUT2D eigenvalue weighted by atomic mass is 10.3. The van der Waals surface area contributed by atoms with Crippen LogP contribution in [0.25, 0.3) is 10.2 Å². The molecule has 3 aromatic rings. The molecule has 2 aromatic heterocycles. The van der Waals surface area contributed by atoms with Crippen LogP contribution in [0.1, 0.15) is 18.7 Å². The number of furan rings is 1. The molecule has 0 fully saturated rings. The van der Waals surface area contributed by atoms with Gasteiger partial charge in [-0.3, -0.25) is 0 Å². The van der Waals surface area contributed by atoms with E-state index in [1.807, 2.05) is 19.1 Å². The SMILES string of the molecule is CC(Nc1nc2ccc(F)cc2s1)c1ccco1. The Morgan fingerprint density at radius 1 is 1.39 bits per heavy atom. The Bertz CT molecular complexity index is 663. The molecule has 0 aliphatic rings. The van der Waals surface area contributed by atoms with Gasteiger partial charge in [-0.2, -0.15) is 0 Å². The number of hydrogen-bond donors (Lipinski definition) is 1. The summed E-state index contributed by atoms with van der Waals surface area (Å²) in [6.45, 7) is 1.99. The fraction of sp³-hybridized carbons (Fsp3) is 0.154. The van der Waals surface area contributed by atoms with Crippen molar-refractivity contribution in [1.29, 1.82) is 0 Å². The molecule has 0 bridgehead atoms. The van der Waals surface area contributed by atoms with Crippen LogP contribution in [0.4, 0.5) is 9.52 Å². The van der Waals surface area contributed by atoms with Crippen LogP contribution < -0.4 is 5.32 Å². The highest BCUT2D eigenvalue weighted by atomic mass is 32.1. The zero-order chi connectivity index (χ0) is 12.5. The lowest BCUT2D eigenvalue weighted by Gasteiger charge is -2.08. The first-order valence-electron chi connectivity index (χ1n) is 5.58. The summed E-state index contributed by atoms with van der Waals surface area (Å²) in [5.74, 6) is 0.609. The number of rotatable bonds is 3. The fourth-order valence-corrected chi connectivity index (χ4v) is 2.73. The molecule has 1 unspecified atom stereocenters. The Kier molecular flexibility index (Phi) is 2.76. The lowest BCUT2D eigenvalue weighted by molar-refractivity contribution is 0.490. The highest BCUT2D eigenvalue weighted by Crippen LogP contribution is 2.29. The van der Waals surface area contributed by atoms with Gasteiger partial charge in [-0.1, -0.05) is 11.3 Å². The number of nitrogens with zero attached hydrogens (tertiary/aromatic N) is 1. The van der Waals surface area contributed by atoms with Gasteiger partial charge in [-0.05, 0) is 37.3 Å². The maximum absolute atomic E-state index is 13.1. The predicted molar refractivity (Wildman–Crippen MR) is 70.3 cm³/mol. The summed E-state index contributed by atoms with van der Waals surface area (Å²) >= 11 is 1.43. The quantitative estimate of drug-likeness (QED) is 0.768. The molecule has 1 aromatic carbocycles. The summed E-state index contributed by atoms with van der Waals surface area (Å²) < 4.78 is 19.2. The number of thiazole rings is 1. The van der Waals surface area contributed by atoms with Crippen molar-refractivity contribution in [2.24, 2.45) is 0 Å². The molecule has 0 aliphatic heterocycles. The van der Waals surface area contributed by atoms with Gasteiger partial charge >= 0.3 is 0 Å². The first-order chi connectivity index (χ1) is 8.72. The third-order valence-electron chi connectivity index (χ3n) is 2.66. The monoisotopic (exact) mass is 262 g/mol. The second-order valence-electron chi connectivity index (χ2n) is 4.01. The largest absolute Gasteiger partial charge is 0.467 e. The maximum Gasteiger partial charge on any atom is 0.184 e. The Labute approximate surface area is 107 Å².